The summed E-state index contributed by atoms with van der Waals surface area (Å²) in [6.45, 7) is 6.14. The summed E-state index contributed by atoms with van der Waals surface area (Å²) in [6.07, 6.45) is 0.838. The normalized spacial score (nSPS) is 13.7. The molecule has 2 unspecified atom stereocenters. The van der Waals surface area contributed by atoms with Crippen LogP contribution in [0.3, 0.4) is 0 Å². The van der Waals surface area contributed by atoms with E-state index < -0.39 is 16.1 Å². The molecule has 0 aliphatic rings. The van der Waals surface area contributed by atoms with Gasteiger partial charge >= 0.3 is 0 Å². The smallest absolute Gasteiger partial charge is 0.265 e. The number of sulfonamides is 1. The van der Waals surface area contributed by atoms with E-state index in [2.05, 4.69) is 19.2 Å². The molecule has 2 atom stereocenters. The third-order valence-electron chi connectivity index (χ3n) is 4.90. The second-order valence-corrected chi connectivity index (χ2v) is 9.31. The van der Waals surface area contributed by atoms with Gasteiger partial charge in [-0.05, 0) is 54.7 Å². The fourth-order valence-corrected chi connectivity index (χ4v) is 3.74. The van der Waals surface area contributed by atoms with E-state index >= 15 is 0 Å². The fourth-order valence-electron chi connectivity index (χ4n) is 2.83. The Morgan fingerprint density at radius 3 is 2.21 bits per heavy atom. The summed E-state index contributed by atoms with van der Waals surface area (Å²) in [5, 5.41) is 2.81. The second-order valence-electron chi connectivity index (χ2n) is 7.16. The van der Waals surface area contributed by atoms with Crippen LogP contribution in [0.5, 0.6) is 5.75 Å². The van der Waals surface area contributed by atoms with Crippen LogP contribution in [0.25, 0.3) is 0 Å². The molecule has 2 rings (SSSR count). The number of ether oxygens (including phenoxy) is 1. The first-order chi connectivity index (χ1) is 13.7. The molecule has 7 heteroatoms. The predicted octanol–water partition coefficient (Wildman–Crippen LogP) is 4.25. The molecule has 0 spiro atoms. The van der Waals surface area contributed by atoms with Gasteiger partial charge in [0.25, 0.3) is 5.91 Å². The van der Waals surface area contributed by atoms with Gasteiger partial charge in [-0.1, -0.05) is 39.0 Å². The molecule has 0 saturated carbocycles. The minimum atomic E-state index is -3.50. The van der Waals surface area contributed by atoms with Gasteiger partial charge in [0.05, 0.1) is 4.90 Å². The maximum absolute atomic E-state index is 12.7. The van der Waals surface area contributed by atoms with Gasteiger partial charge < -0.3 is 10.1 Å². The van der Waals surface area contributed by atoms with Crippen molar-refractivity contribution in [2.75, 3.05) is 19.4 Å². The maximum atomic E-state index is 12.7. The number of para-hydroxylation sites is 1. The first kappa shape index (κ1) is 22.9. The van der Waals surface area contributed by atoms with Gasteiger partial charge in [0.2, 0.25) is 10.0 Å². The summed E-state index contributed by atoms with van der Waals surface area (Å²) >= 11 is 0. The number of nitrogens with zero attached hydrogens (tertiary/aromatic N) is 1. The van der Waals surface area contributed by atoms with Crippen LogP contribution in [0.4, 0.5) is 5.69 Å². The van der Waals surface area contributed by atoms with Crippen molar-refractivity contribution >= 4 is 21.6 Å². The molecule has 0 bridgehead atoms. The molecule has 29 heavy (non-hydrogen) atoms. The molecule has 2 aromatic carbocycles. The standard InChI is InChI=1S/C22H30N2O4S/c1-6-16(3)19-10-8-9-11-21(19)28-20(7-2)22(25)23-17-12-14-18(15-13-17)29(26,27)24(4)5/h8-16,20H,6-7H2,1-5H3,(H,23,25). The third-order valence-corrected chi connectivity index (χ3v) is 6.72. The highest BCUT2D eigenvalue weighted by Crippen LogP contribution is 2.29. The van der Waals surface area contributed by atoms with Gasteiger partial charge in [0.15, 0.2) is 6.10 Å². The lowest BCUT2D eigenvalue weighted by Gasteiger charge is -2.21. The van der Waals surface area contributed by atoms with Crippen molar-refractivity contribution in [3.63, 3.8) is 0 Å². The van der Waals surface area contributed by atoms with Crippen molar-refractivity contribution in [2.45, 2.75) is 50.5 Å². The molecule has 0 aliphatic carbocycles. The van der Waals surface area contributed by atoms with Crippen molar-refractivity contribution in [2.24, 2.45) is 0 Å². The Balaban J connectivity index is 2.13. The van der Waals surface area contributed by atoms with Crippen LogP contribution in [0.2, 0.25) is 0 Å². The van der Waals surface area contributed by atoms with Crippen molar-refractivity contribution < 1.29 is 17.9 Å². The SMILES string of the molecule is CCC(Oc1ccccc1C(C)CC)C(=O)Nc1ccc(S(=O)(=O)N(C)C)cc1. The molecule has 0 fully saturated rings. The van der Waals surface area contributed by atoms with Gasteiger partial charge in [-0.25, -0.2) is 12.7 Å². The van der Waals surface area contributed by atoms with Crippen molar-refractivity contribution in [3.8, 4) is 5.75 Å². The number of nitrogens with one attached hydrogen (secondary N) is 1. The van der Waals surface area contributed by atoms with E-state index in [0.29, 0.717) is 18.0 Å². The van der Waals surface area contributed by atoms with E-state index in [0.717, 1.165) is 22.0 Å². The van der Waals surface area contributed by atoms with Crippen molar-refractivity contribution in [1.82, 2.24) is 4.31 Å². The molecule has 1 amide bonds. The van der Waals surface area contributed by atoms with E-state index in [4.69, 9.17) is 4.74 Å². The van der Waals surface area contributed by atoms with Crippen molar-refractivity contribution in [1.29, 1.82) is 0 Å². The monoisotopic (exact) mass is 418 g/mol. The summed E-state index contributed by atoms with van der Waals surface area (Å²) in [4.78, 5) is 12.9. The third kappa shape index (κ3) is 5.58. The Labute approximate surface area is 173 Å². The first-order valence-electron chi connectivity index (χ1n) is 9.79. The molecule has 0 saturated heterocycles. The van der Waals surface area contributed by atoms with E-state index in [1.54, 1.807) is 12.1 Å². The number of anilines is 1. The van der Waals surface area contributed by atoms with Gasteiger partial charge in [-0.3, -0.25) is 4.79 Å². The molecule has 158 valence electrons. The Morgan fingerprint density at radius 1 is 1.03 bits per heavy atom. The van der Waals surface area contributed by atoms with Crippen LogP contribution in [0.15, 0.2) is 53.4 Å². The van der Waals surface area contributed by atoms with Crippen LogP contribution in [0.1, 0.15) is 45.1 Å². The topological polar surface area (TPSA) is 75.7 Å². The Morgan fingerprint density at radius 2 is 1.66 bits per heavy atom. The second kappa shape index (κ2) is 9.89. The number of hydrogen-bond donors (Lipinski definition) is 1. The summed E-state index contributed by atoms with van der Waals surface area (Å²) in [5.41, 5.74) is 1.60. The molecular formula is C22H30N2O4S. The molecule has 0 radical (unpaired) electrons. The highest BCUT2D eigenvalue weighted by molar-refractivity contribution is 7.89. The number of carbonyl (C=O) groups excluding carboxylic acids is 1. The van der Waals surface area contributed by atoms with Gasteiger partial charge in [-0.15, -0.1) is 0 Å². The van der Waals surface area contributed by atoms with Crippen molar-refractivity contribution in [3.05, 3.63) is 54.1 Å². The number of carbonyl (C=O) groups is 1. The zero-order valence-electron chi connectivity index (χ0n) is 17.7. The van der Waals surface area contributed by atoms with E-state index in [1.165, 1.54) is 26.2 Å². The minimum Gasteiger partial charge on any atom is -0.480 e. The number of rotatable bonds is 9. The van der Waals surface area contributed by atoms with Crippen LogP contribution < -0.4 is 10.1 Å². The number of benzene rings is 2. The van der Waals surface area contributed by atoms with E-state index in [1.807, 2.05) is 31.2 Å². The van der Waals surface area contributed by atoms with Crippen LogP contribution >= 0.6 is 0 Å². The maximum Gasteiger partial charge on any atom is 0.265 e. The molecular weight excluding hydrogens is 388 g/mol. The number of hydrogen-bond acceptors (Lipinski definition) is 4. The molecule has 0 aliphatic heterocycles. The van der Waals surface area contributed by atoms with Crippen LogP contribution in [-0.2, 0) is 14.8 Å². The molecule has 1 N–H and O–H groups in total. The molecule has 0 aromatic heterocycles. The van der Waals surface area contributed by atoms with Crippen LogP contribution in [0, 0.1) is 0 Å². The van der Waals surface area contributed by atoms with Gasteiger partial charge in [0, 0.05) is 19.8 Å². The average molecular weight is 419 g/mol. The zero-order chi connectivity index (χ0) is 21.6. The molecule has 0 heterocycles. The average Bonchev–Trinajstić information content (AvgIpc) is 2.71. The summed E-state index contributed by atoms with van der Waals surface area (Å²) in [5.74, 6) is 0.781. The lowest BCUT2D eigenvalue weighted by atomic mass is 9.98. The number of amides is 1. The molecule has 2 aromatic rings. The summed E-state index contributed by atoms with van der Waals surface area (Å²) in [6, 6.07) is 13.9. The first-order valence-corrected chi connectivity index (χ1v) is 11.2. The molecule has 6 nitrogen and oxygen atoms in total. The van der Waals surface area contributed by atoms with E-state index in [-0.39, 0.29) is 10.8 Å². The lowest BCUT2D eigenvalue weighted by Crippen LogP contribution is -2.32. The zero-order valence-corrected chi connectivity index (χ0v) is 18.5. The summed E-state index contributed by atoms with van der Waals surface area (Å²) in [7, 11) is -0.548. The van der Waals surface area contributed by atoms with Gasteiger partial charge in [0.1, 0.15) is 5.75 Å². The van der Waals surface area contributed by atoms with E-state index in [9.17, 15) is 13.2 Å². The van der Waals surface area contributed by atoms with Crippen LogP contribution in [-0.4, -0.2) is 38.8 Å². The highest BCUT2D eigenvalue weighted by atomic mass is 32.2. The fraction of sp³-hybridized carbons (Fsp3) is 0.409. The quantitative estimate of drug-likeness (QED) is 0.661. The largest absolute Gasteiger partial charge is 0.480 e. The lowest BCUT2D eigenvalue weighted by molar-refractivity contribution is -0.122. The predicted molar refractivity (Wildman–Crippen MR) is 116 cm³/mol. The Hall–Kier alpha value is -2.38. The van der Waals surface area contributed by atoms with Gasteiger partial charge in [-0.2, -0.15) is 0 Å². The minimum absolute atomic E-state index is 0.172. The summed E-state index contributed by atoms with van der Waals surface area (Å²) < 4.78 is 31.5. The highest BCUT2D eigenvalue weighted by Gasteiger charge is 2.22. The Kier molecular flexibility index (Phi) is 7.81. The Bertz CT molecular complexity index is 924.